The predicted molar refractivity (Wildman–Crippen MR) is 130 cm³/mol. The zero-order chi connectivity index (χ0) is 24.2. The first-order chi connectivity index (χ1) is 15.5. The van der Waals surface area contributed by atoms with Crippen molar-refractivity contribution in [3.05, 3.63) is 88.4 Å². The number of carbonyl (C=O) groups excluding carboxylic acids is 2. The van der Waals surface area contributed by atoms with Gasteiger partial charge in [-0.15, -0.1) is 0 Å². The summed E-state index contributed by atoms with van der Waals surface area (Å²) in [6, 6.07) is 17.0. The molecule has 3 aromatic rings. The van der Waals surface area contributed by atoms with E-state index in [1.54, 1.807) is 30.3 Å². The Hall–Kier alpha value is -3.36. The summed E-state index contributed by atoms with van der Waals surface area (Å²) >= 11 is 6.06. The fraction of sp³-hybridized carbons (Fsp3) is 0.167. The number of hydrogen-bond donors (Lipinski definition) is 3. The van der Waals surface area contributed by atoms with Gasteiger partial charge >= 0.3 is 0 Å². The molecule has 0 aliphatic rings. The molecule has 172 valence electrons. The summed E-state index contributed by atoms with van der Waals surface area (Å²) < 4.78 is 28.1. The monoisotopic (exact) mass is 485 g/mol. The highest BCUT2D eigenvalue weighted by Gasteiger charge is 2.19. The molecule has 0 saturated carbocycles. The highest BCUT2D eigenvalue weighted by molar-refractivity contribution is 7.92. The van der Waals surface area contributed by atoms with E-state index in [-0.39, 0.29) is 33.7 Å². The van der Waals surface area contributed by atoms with Crippen molar-refractivity contribution in [1.82, 2.24) is 5.32 Å². The fourth-order valence-electron chi connectivity index (χ4n) is 2.99. The van der Waals surface area contributed by atoms with Gasteiger partial charge in [-0.25, -0.2) is 8.42 Å². The molecule has 0 fully saturated rings. The fourth-order valence-corrected chi connectivity index (χ4v) is 4.27. The normalized spacial score (nSPS) is 11.2. The number of sulfonamides is 1. The lowest BCUT2D eigenvalue weighted by Gasteiger charge is -2.14. The Labute approximate surface area is 198 Å². The Morgan fingerprint density at radius 2 is 1.61 bits per heavy atom. The van der Waals surface area contributed by atoms with Crippen molar-refractivity contribution in [1.29, 1.82) is 0 Å². The molecule has 0 heterocycles. The largest absolute Gasteiger partial charge is 0.350 e. The molecule has 0 spiro atoms. The number of carbonyl (C=O) groups is 2. The molecule has 33 heavy (non-hydrogen) atoms. The summed E-state index contributed by atoms with van der Waals surface area (Å²) in [4.78, 5) is 25.3. The van der Waals surface area contributed by atoms with Crippen molar-refractivity contribution in [3.63, 3.8) is 0 Å². The smallest absolute Gasteiger partial charge is 0.261 e. The summed E-state index contributed by atoms with van der Waals surface area (Å²) in [5.74, 6) is -0.946. The molecule has 3 N–H and O–H groups in total. The van der Waals surface area contributed by atoms with E-state index in [1.807, 2.05) is 20.8 Å². The maximum Gasteiger partial charge on any atom is 0.261 e. The van der Waals surface area contributed by atoms with Crippen LogP contribution in [-0.4, -0.2) is 26.3 Å². The van der Waals surface area contributed by atoms with Crippen molar-refractivity contribution in [3.8, 4) is 0 Å². The second-order valence-electron chi connectivity index (χ2n) is 7.77. The van der Waals surface area contributed by atoms with Crippen LogP contribution >= 0.6 is 11.6 Å². The van der Waals surface area contributed by atoms with E-state index in [0.29, 0.717) is 10.7 Å². The van der Waals surface area contributed by atoms with Gasteiger partial charge in [0.1, 0.15) is 0 Å². The lowest BCUT2D eigenvalue weighted by Crippen LogP contribution is -2.31. The van der Waals surface area contributed by atoms with Gasteiger partial charge in [-0.3, -0.25) is 14.3 Å². The predicted octanol–water partition coefficient (Wildman–Crippen LogP) is 4.84. The third-order valence-electron chi connectivity index (χ3n) is 4.60. The van der Waals surface area contributed by atoms with Crippen LogP contribution in [0.15, 0.2) is 71.6 Å². The number of anilines is 2. The minimum absolute atomic E-state index is 0.0698. The molecule has 3 aromatic carbocycles. The molecular weight excluding hydrogens is 462 g/mol. The van der Waals surface area contributed by atoms with Crippen molar-refractivity contribution in [2.45, 2.75) is 31.7 Å². The molecule has 3 rings (SSSR count). The molecule has 0 aliphatic carbocycles. The first-order valence-corrected chi connectivity index (χ1v) is 12.0. The van der Waals surface area contributed by atoms with E-state index in [0.717, 1.165) is 5.56 Å². The molecule has 2 amide bonds. The zero-order valence-corrected chi connectivity index (χ0v) is 19.9. The quantitative estimate of drug-likeness (QED) is 0.445. The van der Waals surface area contributed by atoms with Gasteiger partial charge in [0.15, 0.2) is 0 Å². The van der Waals surface area contributed by atoms with Crippen LogP contribution in [0, 0.1) is 6.92 Å². The van der Waals surface area contributed by atoms with Gasteiger partial charge in [-0.2, -0.15) is 0 Å². The number of aryl methyl sites for hydroxylation is 1. The third-order valence-corrected chi connectivity index (χ3v) is 6.22. The van der Waals surface area contributed by atoms with Gasteiger partial charge in [-0.05, 0) is 69.3 Å². The van der Waals surface area contributed by atoms with Crippen LogP contribution < -0.4 is 15.4 Å². The number of halogens is 1. The lowest BCUT2D eigenvalue weighted by molar-refractivity contribution is 0.0944. The number of amides is 2. The summed E-state index contributed by atoms with van der Waals surface area (Å²) in [5.41, 5.74) is 1.98. The highest BCUT2D eigenvalue weighted by atomic mass is 35.5. The Balaban J connectivity index is 1.85. The minimum Gasteiger partial charge on any atom is -0.350 e. The summed E-state index contributed by atoms with van der Waals surface area (Å²) in [7, 11) is -3.91. The summed E-state index contributed by atoms with van der Waals surface area (Å²) in [6.45, 7) is 5.55. The molecule has 0 unspecified atom stereocenters. The Kier molecular flexibility index (Phi) is 7.40. The lowest BCUT2D eigenvalue weighted by atomic mass is 10.1. The molecule has 0 aliphatic heterocycles. The van der Waals surface area contributed by atoms with Gasteiger partial charge in [0.2, 0.25) is 0 Å². The first-order valence-electron chi connectivity index (χ1n) is 10.2. The van der Waals surface area contributed by atoms with Gasteiger partial charge in [0.25, 0.3) is 21.8 Å². The summed E-state index contributed by atoms with van der Waals surface area (Å²) in [5, 5.41) is 5.76. The molecule has 0 aromatic heterocycles. The third kappa shape index (κ3) is 6.34. The highest BCUT2D eigenvalue weighted by Crippen LogP contribution is 2.23. The van der Waals surface area contributed by atoms with Crippen molar-refractivity contribution >= 4 is 44.8 Å². The number of rotatable bonds is 7. The van der Waals surface area contributed by atoms with Crippen LogP contribution in [0.3, 0.4) is 0 Å². The van der Waals surface area contributed by atoms with Gasteiger partial charge in [0, 0.05) is 22.3 Å². The standard InChI is InChI=1S/C24H24ClN3O4S/c1-15(2)26-24(30)21-12-9-18(25)14-22(21)27-23(29)17-5-4-6-20(13-17)33(31,32)28-19-10-7-16(3)8-11-19/h4-15,28H,1-3H3,(H,26,30)(H,27,29). The Morgan fingerprint density at radius 1 is 0.909 bits per heavy atom. The van der Waals surface area contributed by atoms with Crippen molar-refractivity contribution < 1.29 is 18.0 Å². The molecule has 0 radical (unpaired) electrons. The van der Waals surface area contributed by atoms with Crippen LogP contribution in [0.1, 0.15) is 40.1 Å². The molecule has 7 nitrogen and oxygen atoms in total. The Morgan fingerprint density at radius 3 is 2.27 bits per heavy atom. The SMILES string of the molecule is Cc1ccc(NS(=O)(=O)c2cccc(C(=O)Nc3cc(Cl)ccc3C(=O)NC(C)C)c2)cc1. The van der Waals surface area contributed by atoms with E-state index >= 15 is 0 Å². The Bertz CT molecular complexity index is 1290. The van der Waals surface area contributed by atoms with Crippen LogP contribution in [0.4, 0.5) is 11.4 Å². The van der Waals surface area contributed by atoms with Crippen LogP contribution in [0.5, 0.6) is 0 Å². The van der Waals surface area contributed by atoms with E-state index in [9.17, 15) is 18.0 Å². The topological polar surface area (TPSA) is 104 Å². The maximum atomic E-state index is 12.9. The van der Waals surface area contributed by atoms with Crippen LogP contribution in [0.25, 0.3) is 0 Å². The average molecular weight is 486 g/mol. The van der Waals surface area contributed by atoms with E-state index in [1.165, 1.54) is 36.4 Å². The van der Waals surface area contributed by atoms with Crippen LogP contribution in [0.2, 0.25) is 5.02 Å². The molecule has 0 saturated heterocycles. The van der Waals surface area contributed by atoms with Crippen molar-refractivity contribution in [2.75, 3.05) is 10.0 Å². The molecular formula is C24H24ClN3O4S. The second-order valence-corrected chi connectivity index (χ2v) is 9.89. The van der Waals surface area contributed by atoms with E-state index in [4.69, 9.17) is 11.6 Å². The van der Waals surface area contributed by atoms with Crippen molar-refractivity contribution in [2.24, 2.45) is 0 Å². The van der Waals surface area contributed by atoms with Crippen LogP contribution in [-0.2, 0) is 10.0 Å². The summed E-state index contributed by atoms with van der Waals surface area (Å²) in [6.07, 6.45) is 0. The van der Waals surface area contributed by atoms with E-state index < -0.39 is 15.9 Å². The molecule has 0 bridgehead atoms. The number of benzene rings is 3. The number of nitrogens with one attached hydrogen (secondary N) is 3. The minimum atomic E-state index is -3.91. The molecule has 9 heteroatoms. The maximum absolute atomic E-state index is 12.9. The van der Waals surface area contributed by atoms with Gasteiger partial charge < -0.3 is 10.6 Å². The zero-order valence-electron chi connectivity index (χ0n) is 18.3. The molecule has 0 atom stereocenters. The number of hydrogen-bond acceptors (Lipinski definition) is 4. The van der Waals surface area contributed by atoms with E-state index in [2.05, 4.69) is 15.4 Å². The van der Waals surface area contributed by atoms with Gasteiger partial charge in [0.05, 0.1) is 16.1 Å². The first kappa shape index (κ1) is 24.3. The second kappa shape index (κ2) is 10.1. The van der Waals surface area contributed by atoms with Gasteiger partial charge in [-0.1, -0.05) is 35.4 Å². The average Bonchev–Trinajstić information content (AvgIpc) is 2.75.